The number of hydrogen-bond acceptors (Lipinski definition) is 10. The number of aromatic amines is 2. The van der Waals surface area contributed by atoms with Crippen LogP contribution in [0.3, 0.4) is 0 Å². The zero-order valence-corrected chi connectivity index (χ0v) is 22.1. The Morgan fingerprint density at radius 1 is 1.02 bits per heavy atom. The maximum Gasteiger partial charge on any atom is 0.335 e. The highest BCUT2D eigenvalue weighted by molar-refractivity contribution is 5.92. The van der Waals surface area contributed by atoms with E-state index in [4.69, 9.17) is 19.3 Å². The Kier molecular flexibility index (Phi) is 8.79. The molecule has 0 saturated carbocycles. The van der Waals surface area contributed by atoms with Crippen molar-refractivity contribution in [1.82, 2.24) is 40.2 Å². The summed E-state index contributed by atoms with van der Waals surface area (Å²) in [5.41, 5.74) is 1.87. The van der Waals surface area contributed by atoms with Gasteiger partial charge in [0.15, 0.2) is 11.3 Å². The molecule has 216 valence electrons. The van der Waals surface area contributed by atoms with Gasteiger partial charge in [0.2, 0.25) is 0 Å². The lowest BCUT2D eigenvalue weighted by Gasteiger charge is -2.09. The Bertz CT molecular complexity index is 1710. The molecule has 0 radical (unpaired) electrons. The number of nitrogens with one attached hydrogen (secondary N) is 3. The summed E-state index contributed by atoms with van der Waals surface area (Å²) in [6, 6.07) is 13.8. The number of benzene rings is 2. The smallest absolute Gasteiger partial charge is 0.335 e. The van der Waals surface area contributed by atoms with Crippen molar-refractivity contribution >= 4 is 22.9 Å². The topological polar surface area (TPSA) is 199 Å². The maximum absolute atomic E-state index is 12.8. The van der Waals surface area contributed by atoms with Gasteiger partial charge in [-0.1, -0.05) is 24.3 Å². The lowest BCUT2D eigenvalue weighted by atomic mass is 10.1. The van der Waals surface area contributed by atoms with Crippen LogP contribution in [0.25, 0.3) is 11.0 Å². The van der Waals surface area contributed by atoms with E-state index in [-0.39, 0.29) is 42.1 Å². The Morgan fingerprint density at radius 3 is 2.64 bits per heavy atom. The summed E-state index contributed by atoms with van der Waals surface area (Å²) in [6.45, 7) is 1.65. The van der Waals surface area contributed by atoms with Gasteiger partial charge in [0.25, 0.3) is 11.5 Å². The molecule has 3 aromatic heterocycles. The molecule has 15 heteroatoms. The molecule has 4 N–H and O–H groups in total. The number of amides is 1. The standard InChI is InChI=1S/C27H26N8O7/c36-24-22-21(14-31-35(22)8-9-41-20-6-4-19(5-7-20)26(38)39)32-23(33-24)25(37)28-13-17-2-1-3-18(12-17)15-40-10-11-42-27-29-16-30-34-27/h1-7,12,14,16H,8-11,13,15H2,(H,28,37)(H,38,39)(H,29,30,34)(H,32,33,36). The zero-order chi connectivity index (χ0) is 29.3. The van der Waals surface area contributed by atoms with Gasteiger partial charge >= 0.3 is 12.0 Å². The van der Waals surface area contributed by atoms with Gasteiger partial charge in [0, 0.05) is 6.54 Å². The third kappa shape index (κ3) is 7.14. The molecular weight excluding hydrogens is 548 g/mol. The highest BCUT2D eigenvalue weighted by atomic mass is 16.5. The second-order valence-corrected chi connectivity index (χ2v) is 8.89. The van der Waals surface area contributed by atoms with Crippen LogP contribution in [0.5, 0.6) is 11.8 Å². The first-order valence-electron chi connectivity index (χ1n) is 12.8. The number of H-pyrrole nitrogens is 2. The van der Waals surface area contributed by atoms with Crippen LogP contribution in [0.1, 0.15) is 32.1 Å². The highest BCUT2D eigenvalue weighted by Gasteiger charge is 2.15. The molecule has 5 aromatic rings. The van der Waals surface area contributed by atoms with E-state index in [1.54, 1.807) is 12.1 Å². The quantitative estimate of drug-likeness (QED) is 0.140. The molecule has 3 heterocycles. The van der Waals surface area contributed by atoms with Gasteiger partial charge in [-0.25, -0.2) is 14.9 Å². The predicted octanol–water partition coefficient (Wildman–Crippen LogP) is 1.54. The van der Waals surface area contributed by atoms with E-state index >= 15 is 0 Å². The van der Waals surface area contributed by atoms with Crippen LogP contribution in [0.15, 0.2) is 65.8 Å². The summed E-state index contributed by atoms with van der Waals surface area (Å²) in [6.07, 6.45) is 2.76. The van der Waals surface area contributed by atoms with Crippen LogP contribution in [0.4, 0.5) is 0 Å². The molecule has 0 unspecified atom stereocenters. The van der Waals surface area contributed by atoms with Crippen LogP contribution >= 0.6 is 0 Å². The maximum atomic E-state index is 12.8. The van der Waals surface area contributed by atoms with Crippen molar-refractivity contribution in [3.05, 3.63) is 93.9 Å². The van der Waals surface area contributed by atoms with Crippen molar-refractivity contribution in [2.75, 3.05) is 19.8 Å². The molecule has 5 rings (SSSR count). The minimum Gasteiger partial charge on any atom is -0.492 e. The number of ether oxygens (including phenoxy) is 3. The molecule has 0 saturated heterocycles. The number of carbonyl (C=O) groups is 2. The number of nitrogens with zero attached hydrogens (tertiary/aromatic N) is 5. The van der Waals surface area contributed by atoms with Crippen molar-refractivity contribution in [1.29, 1.82) is 0 Å². The van der Waals surface area contributed by atoms with E-state index in [9.17, 15) is 14.4 Å². The van der Waals surface area contributed by atoms with Gasteiger partial charge in [0.1, 0.15) is 30.8 Å². The van der Waals surface area contributed by atoms with Gasteiger partial charge < -0.3 is 29.6 Å². The molecule has 42 heavy (non-hydrogen) atoms. The average Bonchev–Trinajstić information content (AvgIpc) is 3.67. The van der Waals surface area contributed by atoms with E-state index in [0.29, 0.717) is 31.6 Å². The second kappa shape index (κ2) is 13.2. The third-order valence-corrected chi connectivity index (χ3v) is 5.96. The number of carboxylic acids is 1. The molecule has 0 aliphatic rings. The number of carbonyl (C=O) groups excluding carboxylic acids is 1. The Labute approximate surface area is 237 Å². The number of aromatic carboxylic acids is 1. The minimum atomic E-state index is -1.03. The summed E-state index contributed by atoms with van der Waals surface area (Å²) in [5, 5.41) is 22.2. The average molecular weight is 575 g/mol. The molecule has 0 aliphatic heterocycles. The Morgan fingerprint density at radius 2 is 1.86 bits per heavy atom. The number of fused-ring (bicyclic) bond motifs is 1. The molecule has 1 amide bonds. The van der Waals surface area contributed by atoms with Crippen LogP contribution in [-0.4, -0.2) is 71.7 Å². The molecular formula is C27H26N8O7. The van der Waals surface area contributed by atoms with Crippen molar-refractivity contribution in [3.63, 3.8) is 0 Å². The number of hydrogen-bond donors (Lipinski definition) is 4. The molecule has 0 aliphatic carbocycles. The van der Waals surface area contributed by atoms with Crippen molar-refractivity contribution < 1.29 is 28.9 Å². The van der Waals surface area contributed by atoms with Crippen LogP contribution in [0.2, 0.25) is 0 Å². The van der Waals surface area contributed by atoms with Gasteiger partial charge in [-0.05, 0) is 35.4 Å². The lowest BCUT2D eigenvalue weighted by Crippen LogP contribution is -2.28. The zero-order valence-electron chi connectivity index (χ0n) is 22.1. The van der Waals surface area contributed by atoms with E-state index in [1.165, 1.54) is 29.3 Å². The summed E-state index contributed by atoms with van der Waals surface area (Å²) in [4.78, 5) is 47.2. The first-order valence-corrected chi connectivity index (χ1v) is 12.8. The van der Waals surface area contributed by atoms with Crippen molar-refractivity contribution in [2.24, 2.45) is 0 Å². The first-order chi connectivity index (χ1) is 20.5. The van der Waals surface area contributed by atoms with Crippen LogP contribution in [-0.2, 0) is 24.4 Å². The number of carboxylic acid groups (broad SMARTS) is 1. The van der Waals surface area contributed by atoms with Gasteiger partial charge in [-0.3, -0.25) is 14.3 Å². The molecule has 0 fully saturated rings. The van der Waals surface area contributed by atoms with E-state index < -0.39 is 17.4 Å². The summed E-state index contributed by atoms with van der Waals surface area (Å²) in [7, 11) is 0. The molecule has 0 atom stereocenters. The summed E-state index contributed by atoms with van der Waals surface area (Å²) < 4.78 is 18.0. The second-order valence-electron chi connectivity index (χ2n) is 8.89. The predicted molar refractivity (Wildman–Crippen MR) is 146 cm³/mol. The third-order valence-electron chi connectivity index (χ3n) is 5.96. The van der Waals surface area contributed by atoms with E-state index in [1.807, 2.05) is 24.3 Å². The largest absolute Gasteiger partial charge is 0.492 e. The minimum absolute atomic E-state index is 0.131. The summed E-state index contributed by atoms with van der Waals surface area (Å²) >= 11 is 0. The number of rotatable bonds is 14. The first kappa shape index (κ1) is 28.0. The Hall–Kier alpha value is -5.57. The fourth-order valence-electron chi connectivity index (χ4n) is 3.97. The Balaban J connectivity index is 1.11. The van der Waals surface area contributed by atoms with Crippen LogP contribution < -0.4 is 20.3 Å². The molecule has 2 aromatic carbocycles. The molecule has 0 spiro atoms. The van der Waals surface area contributed by atoms with E-state index in [2.05, 4.69) is 35.6 Å². The van der Waals surface area contributed by atoms with E-state index in [0.717, 1.165) is 11.1 Å². The lowest BCUT2D eigenvalue weighted by molar-refractivity contribution is 0.0696. The normalized spacial score (nSPS) is 11.0. The van der Waals surface area contributed by atoms with Crippen LogP contribution in [0, 0.1) is 0 Å². The van der Waals surface area contributed by atoms with Crippen molar-refractivity contribution in [3.8, 4) is 11.8 Å². The highest BCUT2D eigenvalue weighted by Crippen LogP contribution is 2.13. The van der Waals surface area contributed by atoms with Gasteiger partial charge in [0.05, 0.1) is 31.5 Å². The number of aromatic nitrogens is 7. The fourth-order valence-corrected chi connectivity index (χ4v) is 3.97. The summed E-state index contributed by atoms with van der Waals surface area (Å²) in [5.74, 6) is -1.22. The van der Waals surface area contributed by atoms with Gasteiger partial charge in [-0.15, -0.1) is 0 Å². The fraction of sp³-hybridized carbons (Fsp3) is 0.222. The van der Waals surface area contributed by atoms with Crippen molar-refractivity contribution in [2.45, 2.75) is 19.7 Å². The SMILES string of the molecule is O=C(O)c1ccc(OCCn2ncc3nc(C(=O)NCc4cccc(COCCOc5ncn[nH]5)c4)[nH]c(=O)c32)cc1. The molecule has 0 bridgehead atoms. The molecule has 15 nitrogen and oxygen atoms in total. The van der Waals surface area contributed by atoms with Gasteiger partial charge in [-0.2, -0.15) is 15.2 Å². The monoisotopic (exact) mass is 574 g/mol.